The molecule has 0 unspecified atom stereocenters. The number of halogens is 1. The summed E-state index contributed by atoms with van der Waals surface area (Å²) in [5, 5.41) is 3.38. The number of nitrogens with one attached hydrogen (secondary N) is 1. The predicted molar refractivity (Wildman–Crippen MR) is 68.1 cm³/mol. The lowest BCUT2D eigenvalue weighted by atomic mass is 9.85. The van der Waals surface area contributed by atoms with E-state index in [1.807, 2.05) is 0 Å². The summed E-state index contributed by atoms with van der Waals surface area (Å²) in [4.78, 5) is 22.7. The second-order valence-electron chi connectivity index (χ2n) is 4.07. The summed E-state index contributed by atoms with van der Waals surface area (Å²) in [6.07, 6.45) is 1.91. The van der Waals surface area contributed by atoms with Crippen LogP contribution >= 0.6 is 15.9 Å². The number of aromatic amines is 1. The minimum atomic E-state index is -0.240. The van der Waals surface area contributed by atoms with Gasteiger partial charge in [0.25, 0.3) is 11.1 Å². The molecular weight excluding hydrogens is 272 g/mol. The van der Waals surface area contributed by atoms with Gasteiger partial charge in [-0.1, -0.05) is 29.8 Å². The van der Waals surface area contributed by atoms with Crippen molar-refractivity contribution in [3.8, 4) is 0 Å². The number of hydrogen-bond donors (Lipinski definition) is 1. The lowest BCUT2D eigenvalue weighted by Crippen LogP contribution is -2.36. The van der Waals surface area contributed by atoms with Crippen LogP contribution in [0.15, 0.2) is 21.7 Å². The molecule has 5 heteroatoms. The van der Waals surface area contributed by atoms with Crippen LogP contribution in [0.5, 0.6) is 0 Å². The monoisotopic (exact) mass is 288 g/mol. The Kier molecular flexibility index (Phi) is 4.53. The topological polar surface area (TPSA) is 54.9 Å². The Labute approximate surface area is 103 Å². The third-order valence-electron chi connectivity index (χ3n) is 3.17. The maximum Gasteiger partial charge on any atom is 0.265 e. The Balaban J connectivity index is 3.07. The zero-order chi connectivity index (χ0) is 12.2. The molecule has 0 spiro atoms. The second kappa shape index (κ2) is 5.48. The smallest absolute Gasteiger partial charge is 0.265 e. The number of alkyl halides is 1. The maximum absolute atomic E-state index is 11.6. The maximum atomic E-state index is 11.6. The first kappa shape index (κ1) is 13.2. The number of H-pyrrole nitrogens is 1. The standard InChI is InChI=1S/C11H17BrN2O2/c1-3-11(4-2,7-12)8-14-10(16)6-5-9(15)13-14/h5-6H,3-4,7-8H2,1-2H3,(H,13,15). The van der Waals surface area contributed by atoms with Gasteiger partial charge in [-0.15, -0.1) is 0 Å². The fourth-order valence-electron chi connectivity index (χ4n) is 1.62. The molecule has 0 saturated carbocycles. The lowest BCUT2D eigenvalue weighted by molar-refractivity contribution is 0.241. The van der Waals surface area contributed by atoms with E-state index in [4.69, 9.17) is 0 Å². The van der Waals surface area contributed by atoms with Gasteiger partial charge < -0.3 is 0 Å². The molecule has 1 N–H and O–H groups in total. The minimum Gasteiger partial charge on any atom is -0.268 e. The van der Waals surface area contributed by atoms with E-state index in [1.165, 1.54) is 16.8 Å². The van der Waals surface area contributed by atoms with Crippen LogP contribution in [0.4, 0.5) is 0 Å². The van der Waals surface area contributed by atoms with Crippen molar-refractivity contribution < 1.29 is 0 Å². The first-order valence-corrected chi connectivity index (χ1v) is 6.55. The molecule has 1 rings (SSSR count). The second-order valence-corrected chi connectivity index (χ2v) is 4.64. The molecule has 0 saturated heterocycles. The largest absolute Gasteiger partial charge is 0.268 e. The number of hydrogen-bond acceptors (Lipinski definition) is 2. The average molecular weight is 289 g/mol. The summed E-state index contributed by atoms with van der Waals surface area (Å²) in [5.74, 6) is 0. The van der Waals surface area contributed by atoms with Crippen molar-refractivity contribution in [2.75, 3.05) is 5.33 Å². The van der Waals surface area contributed by atoms with E-state index in [-0.39, 0.29) is 16.5 Å². The molecule has 4 nitrogen and oxygen atoms in total. The zero-order valence-electron chi connectivity index (χ0n) is 9.62. The normalized spacial score (nSPS) is 11.7. The van der Waals surface area contributed by atoms with E-state index < -0.39 is 0 Å². The molecule has 0 amide bonds. The van der Waals surface area contributed by atoms with Crippen LogP contribution in [-0.4, -0.2) is 15.1 Å². The van der Waals surface area contributed by atoms with Gasteiger partial charge in [-0.25, -0.2) is 4.68 Å². The van der Waals surface area contributed by atoms with Crippen molar-refractivity contribution in [3.05, 3.63) is 32.8 Å². The molecule has 0 aliphatic carbocycles. The quantitative estimate of drug-likeness (QED) is 0.839. The van der Waals surface area contributed by atoms with Crippen LogP contribution in [0.2, 0.25) is 0 Å². The van der Waals surface area contributed by atoms with E-state index in [9.17, 15) is 9.59 Å². The lowest BCUT2D eigenvalue weighted by Gasteiger charge is -2.29. The Morgan fingerprint density at radius 1 is 1.31 bits per heavy atom. The molecule has 1 aromatic rings. The molecular formula is C11H17BrN2O2. The van der Waals surface area contributed by atoms with E-state index in [1.54, 1.807) is 0 Å². The summed E-state index contributed by atoms with van der Waals surface area (Å²) in [6, 6.07) is 2.57. The third-order valence-corrected chi connectivity index (χ3v) is 4.35. The number of rotatable bonds is 5. The molecule has 0 aliphatic rings. The molecule has 0 fully saturated rings. The van der Waals surface area contributed by atoms with E-state index in [2.05, 4.69) is 34.9 Å². The van der Waals surface area contributed by atoms with Crippen LogP contribution in [-0.2, 0) is 6.54 Å². The van der Waals surface area contributed by atoms with E-state index in [0.717, 1.165) is 18.2 Å². The van der Waals surface area contributed by atoms with Gasteiger partial charge in [-0.2, -0.15) is 0 Å². The van der Waals surface area contributed by atoms with Crippen LogP contribution in [0.25, 0.3) is 0 Å². The Morgan fingerprint density at radius 2 is 1.94 bits per heavy atom. The van der Waals surface area contributed by atoms with Crippen molar-refractivity contribution in [1.29, 1.82) is 0 Å². The van der Waals surface area contributed by atoms with Crippen molar-refractivity contribution in [2.45, 2.75) is 33.2 Å². The number of aromatic nitrogens is 2. The van der Waals surface area contributed by atoms with Crippen molar-refractivity contribution in [3.63, 3.8) is 0 Å². The first-order chi connectivity index (χ1) is 7.56. The van der Waals surface area contributed by atoms with Gasteiger partial charge in [0.05, 0.1) is 0 Å². The van der Waals surface area contributed by atoms with Gasteiger partial charge in [0.15, 0.2) is 0 Å². The SMILES string of the molecule is CCC(CC)(CBr)Cn1[nH]c(=O)ccc1=O. The summed E-state index contributed by atoms with van der Waals surface area (Å²) in [7, 11) is 0. The highest BCUT2D eigenvalue weighted by molar-refractivity contribution is 9.09. The van der Waals surface area contributed by atoms with E-state index >= 15 is 0 Å². The highest BCUT2D eigenvalue weighted by Gasteiger charge is 2.26. The molecule has 1 heterocycles. The molecule has 16 heavy (non-hydrogen) atoms. The van der Waals surface area contributed by atoms with E-state index in [0.29, 0.717) is 6.54 Å². The summed E-state index contributed by atoms with van der Waals surface area (Å²) in [6.45, 7) is 4.73. The van der Waals surface area contributed by atoms with Gasteiger partial charge >= 0.3 is 0 Å². The summed E-state index contributed by atoms with van der Waals surface area (Å²) < 4.78 is 1.40. The molecule has 0 radical (unpaired) electrons. The van der Waals surface area contributed by atoms with Crippen LogP contribution < -0.4 is 11.1 Å². The fraction of sp³-hybridized carbons (Fsp3) is 0.636. The van der Waals surface area contributed by atoms with Crippen molar-refractivity contribution in [2.24, 2.45) is 5.41 Å². The Bertz CT molecular complexity index is 438. The molecule has 1 aromatic heterocycles. The molecule has 90 valence electrons. The highest BCUT2D eigenvalue weighted by atomic mass is 79.9. The molecule has 0 aliphatic heterocycles. The van der Waals surface area contributed by atoms with Crippen molar-refractivity contribution in [1.82, 2.24) is 9.78 Å². The minimum absolute atomic E-state index is 0.0219. The van der Waals surface area contributed by atoms with Crippen LogP contribution in [0, 0.1) is 5.41 Å². The first-order valence-electron chi connectivity index (χ1n) is 5.43. The molecule has 0 bridgehead atoms. The summed E-state index contributed by atoms with van der Waals surface area (Å²) >= 11 is 3.49. The van der Waals surface area contributed by atoms with Gasteiger partial charge in [0.2, 0.25) is 0 Å². The molecule has 0 aromatic carbocycles. The predicted octanol–water partition coefficient (Wildman–Crippen LogP) is 1.74. The van der Waals surface area contributed by atoms with Gasteiger partial charge in [-0.3, -0.25) is 14.7 Å². The summed E-state index contributed by atoms with van der Waals surface area (Å²) in [5.41, 5.74) is -0.379. The Morgan fingerprint density at radius 3 is 2.44 bits per heavy atom. The van der Waals surface area contributed by atoms with Crippen molar-refractivity contribution >= 4 is 15.9 Å². The number of nitrogens with zero attached hydrogens (tertiary/aromatic N) is 1. The van der Waals surface area contributed by atoms with Gasteiger partial charge in [0, 0.05) is 24.0 Å². The average Bonchev–Trinajstić information content (AvgIpc) is 2.31. The van der Waals surface area contributed by atoms with Gasteiger partial charge in [-0.05, 0) is 18.3 Å². The van der Waals surface area contributed by atoms with Crippen LogP contribution in [0.1, 0.15) is 26.7 Å². The van der Waals surface area contributed by atoms with Gasteiger partial charge in [0.1, 0.15) is 0 Å². The molecule has 0 atom stereocenters. The third kappa shape index (κ3) is 2.84. The fourth-order valence-corrected chi connectivity index (χ4v) is 2.59. The zero-order valence-corrected chi connectivity index (χ0v) is 11.2. The highest BCUT2D eigenvalue weighted by Crippen LogP contribution is 2.29. The Hall–Kier alpha value is -0.840. The van der Waals surface area contributed by atoms with Crippen LogP contribution in [0.3, 0.4) is 0 Å².